The Balaban J connectivity index is 4.29. The third kappa shape index (κ3) is 30.6. The molecule has 9 nitrogen and oxygen atoms in total. The van der Waals surface area contributed by atoms with E-state index in [9.17, 15) is 19.0 Å². The Morgan fingerprint density at radius 3 is 1.72 bits per heavy atom. The molecular formula is C33H64NO8P. The highest BCUT2D eigenvalue weighted by atomic mass is 31.2. The molecule has 0 aromatic rings. The van der Waals surface area contributed by atoms with Crippen LogP contribution in [0.25, 0.3) is 0 Å². The Labute approximate surface area is 262 Å². The van der Waals surface area contributed by atoms with Crippen LogP contribution in [0.2, 0.25) is 0 Å². The molecule has 0 amide bonds. The zero-order valence-corrected chi connectivity index (χ0v) is 28.3. The molecule has 0 aromatic heterocycles. The summed E-state index contributed by atoms with van der Waals surface area (Å²) in [6.45, 7) is 3.65. The lowest BCUT2D eigenvalue weighted by molar-refractivity contribution is -0.161. The highest BCUT2D eigenvalue weighted by Crippen LogP contribution is 2.43. The van der Waals surface area contributed by atoms with Gasteiger partial charge in [-0.1, -0.05) is 122 Å². The number of carbonyl (C=O) groups is 2. The van der Waals surface area contributed by atoms with Crippen LogP contribution in [0.15, 0.2) is 12.2 Å². The number of rotatable bonds is 32. The first kappa shape index (κ1) is 41.8. The van der Waals surface area contributed by atoms with Crippen molar-refractivity contribution in [3.05, 3.63) is 12.2 Å². The van der Waals surface area contributed by atoms with Crippen LogP contribution in [-0.4, -0.2) is 49.3 Å². The van der Waals surface area contributed by atoms with Gasteiger partial charge in [0.05, 0.1) is 13.2 Å². The molecule has 0 saturated heterocycles. The second kappa shape index (κ2) is 30.8. The van der Waals surface area contributed by atoms with Gasteiger partial charge in [-0.15, -0.1) is 0 Å². The third-order valence-corrected chi connectivity index (χ3v) is 8.14. The lowest BCUT2D eigenvalue weighted by atomic mass is 10.1. The normalized spacial score (nSPS) is 13.7. The van der Waals surface area contributed by atoms with E-state index >= 15 is 0 Å². The van der Waals surface area contributed by atoms with Gasteiger partial charge in [0.15, 0.2) is 6.10 Å². The van der Waals surface area contributed by atoms with Gasteiger partial charge in [-0.3, -0.25) is 18.6 Å². The summed E-state index contributed by atoms with van der Waals surface area (Å²) in [7, 11) is -4.36. The maximum Gasteiger partial charge on any atom is 0.472 e. The van der Waals surface area contributed by atoms with Gasteiger partial charge in [0.1, 0.15) is 6.61 Å². The molecule has 0 rings (SSSR count). The Bertz CT molecular complexity index is 734. The van der Waals surface area contributed by atoms with Crippen molar-refractivity contribution in [3.63, 3.8) is 0 Å². The lowest BCUT2D eigenvalue weighted by Crippen LogP contribution is -2.29. The summed E-state index contributed by atoms with van der Waals surface area (Å²) in [6, 6.07) is 0. The summed E-state index contributed by atoms with van der Waals surface area (Å²) in [5.74, 6) is -0.840. The molecule has 2 atom stereocenters. The van der Waals surface area contributed by atoms with E-state index < -0.39 is 32.5 Å². The van der Waals surface area contributed by atoms with E-state index in [1.54, 1.807) is 0 Å². The fraction of sp³-hybridized carbons (Fsp3) is 0.879. The van der Waals surface area contributed by atoms with Crippen molar-refractivity contribution in [1.29, 1.82) is 0 Å². The van der Waals surface area contributed by atoms with Crippen molar-refractivity contribution in [2.24, 2.45) is 5.73 Å². The van der Waals surface area contributed by atoms with E-state index in [0.717, 1.165) is 57.8 Å². The monoisotopic (exact) mass is 633 g/mol. The second-order valence-corrected chi connectivity index (χ2v) is 12.8. The van der Waals surface area contributed by atoms with Crippen molar-refractivity contribution in [3.8, 4) is 0 Å². The molecule has 43 heavy (non-hydrogen) atoms. The molecule has 3 N–H and O–H groups in total. The fourth-order valence-corrected chi connectivity index (χ4v) is 5.32. The number of phosphoric ester groups is 1. The predicted molar refractivity (Wildman–Crippen MR) is 174 cm³/mol. The Hall–Kier alpha value is -1.25. The number of carbonyl (C=O) groups excluding carboxylic acids is 2. The lowest BCUT2D eigenvalue weighted by Gasteiger charge is -2.19. The summed E-state index contributed by atoms with van der Waals surface area (Å²) in [5.41, 5.74) is 5.31. The average Bonchev–Trinajstić information content (AvgIpc) is 2.99. The summed E-state index contributed by atoms with van der Waals surface area (Å²) in [4.78, 5) is 34.5. The number of esters is 2. The smallest absolute Gasteiger partial charge is 0.462 e. The van der Waals surface area contributed by atoms with Gasteiger partial charge >= 0.3 is 19.8 Å². The molecule has 254 valence electrons. The van der Waals surface area contributed by atoms with E-state index in [0.29, 0.717) is 6.42 Å². The molecule has 0 heterocycles. The van der Waals surface area contributed by atoms with Crippen LogP contribution in [0.1, 0.15) is 155 Å². The van der Waals surface area contributed by atoms with Crippen LogP contribution in [0, 0.1) is 0 Å². The standard InChI is InChI=1S/C33H64NO8P/c1-3-5-7-9-11-13-15-17-19-21-23-25-32(35)39-29-31(30-41-43(37,38)40-28-27-34)42-33(36)26-24-22-20-18-16-14-12-10-8-6-4-2/h9,11,31H,3-8,10,12-30,34H2,1-2H3,(H,37,38). The predicted octanol–water partition coefficient (Wildman–Crippen LogP) is 8.71. The van der Waals surface area contributed by atoms with Crippen LogP contribution in [0.3, 0.4) is 0 Å². The van der Waals surface area contributed by atoms with E-state index in [1.807, 2.05) is 0 Å². The maximum absolute atomic E-state index is 12.4. The van der Waals surface area contributed by atoms with Crippen LogP contribution >= 0.6 is 7.82 Å². The van der Waals surface area contributed by atoms with Gasteiger partial charge in [0.2, 0.25) is 0 Å². The Morgan fingerprint density at radius 2 is 1.16 bits per heavy atom. The van der Waals surface area contributed by atoms with Crippen LogP contribution in [0.4, 0.5) is 0 Å². The van der Waals surface area contributed by atoms with Crippen LogP contribution in [0.5, 0.6) is 0 Å². The summed E-state index contributed by atoms with van der Waals surface area (Å²) < 4.78 is 32.5. The number of allylic oxidation sites excluding steroid dienone is 2. The van der Waals surface area contributed by atoms with Crippen molar-refractivity contribution >= 4 is 19.8 Å². The van der Waals surface area contributed by atoms with E-state index in [1.165, 1.54) is 64.2 Å². The molecule has 10 heteroatoms. The van der Waals surface area contributed by atoms with E-state index in [2.05, 4.69) is 26.0 Å². The molecule has 0 saturated carbocycles. The van der Waals surface area contributed by atoms with E-state index in [-0.39, 0.29) is 32.6 Å². The summed E-state index contributed by atoms with van der Waals surface area (Å²) in [6.07, 6.45) is 26.7. The minimum absolute atomic E-state index is 0.0546. The first-order chi connectivity index (χ1) is 20.8. The molecule has 0 aliphatic rings. The zero-order chi connectivity index (χ0) is 31.9. The number of hydrogen-bond acceptors (Lipinski definition) is 8. The topological polar surface area (TPSA) is 134 Å². The van der Waals surface area contributed by atoms with Gasteiger partial charge in [-0.25, -0.2) is 4.57 Å². The van der Waals surface area contributed by atoms with Crippen LogP contribution in [-0.2, 0) is 32.7 Å². The quantitative estimate of drug-likeness (QED) is 0.0323. The highest BCUT2D eigenvalue weighted by Gasteiger charge is 2.25. The zero-order valence-electron chi connectivity index (χ0n) is 27.4. The number of nitrogens with two attached hydrogens (primary N) is 1. The molecule has 0 aliphatic carbocycles. The van der Waals surface area contributed by atoms with Crippen molar-refractivity contribution in [1.82, 2.24) is 0 Å². The number of phosphoric acid groups is 1. The van der Waals surface area contributed by atoms with Gasteiger partial charge in [0, 0.05) is 19.4 Å². The summed E-state index contributed by atoms with van der Waals surface area (Å²) in [5, 5.41) is 0. The summed E-state index contributed by atoms with van der Waals surface area (Å²) >= 11 is 0. The Kier molecular flexibility index (Phi) is 29.9. The average molecular weight is 634 g/mol. The molecular weight excluding hydrogens is 569 g/mol. The van der Waals surface area contributed by atoms with Gasteiger partial charge in [-0.05, 0) is 32.1 Å². The first-order valence-corrected chi connectivity index (χ1v) is 18.7. The largest absolute Gasteiger partial charge is 0.472 e. The SMILES string of the molecule is CCCCC=CCCCCCCCC(=O)OCC(COP(=O)(O)OCCN)OC(=O)CCCCCCCCCCCCC. The second-order valence-electron chi connectivity index (χ2n) is 11.4. The van der Waals surface area contributed by atoms with Crippen LogP contribution < -0.4 is 5.73 Å². The van der Waals surface area contributed by atoms with Crippen molar-refractivity contribution < 1.29 is 37.6 Å². The maximum atomic E-state index is 12.4. The Morgan fingerprint density at radius 1 is 0.674 bits per heavy atom. The number of unbranched alkanes of at least 4 members (excludes halogenated alkanes) is 17. The molecule has 0 aliphatic heterocycles. The molecule has 0 bridgehead atoms. The number of ether oxygens (including phenoxy) is 2. The minimum atomic E-state index is -4.36. The van der Waals surface area contributed by atoms with Gasteiger partial charge < -0.3 is 20.1 Å². The molecule has 0 aromatic carbocycles. The molecule has 0 spiro atoms. The highest BCUT2D eigenvalue weighted by molar-refractivity contribution is 7.47. The van der Waals surface area contributed by atoms with Gasteiger partial charge in [-0.2, -0.15) is 0 Å². The van der Waals surface area contributed by atoms with Crippen molar-refractivity contribution in [2.45, 2.75) is 161 Å². The minimum Gasteiger partial charge on any atom is -0.462 e. The van der Waals surface area contributed by atoms with Gasteiger partial charge in [0.25, 0.3) is 0 Å². The molecule has 0 radical (unpaired) electrons. The first-order valence-electron chi connectivity index (χ1n) is 17.2. The number of hydrogen-bond donors (Lipinski definition) is 2. The molecule has 0 fully saturated rings. The third-order valence-electron chi connectivity index (χ3n) is 7.15. The fourth-order valence-electron chi connectivity index (χ4n) is 4.55. The molecule has 2 unspecified atom stereocenters. The van der Waals surface area contributed by atoms with Crippen molar-refractivity contribution in [2.75, 3.05) is 26.4 Å². The van der Waals surface area contributed by atoms with E-state index in [4.69, 9.17) is 24.3 Å².